The molecule has 0 radical (unpaired) electrons. The van der Waals surface area contributed by atoms with Crippen LogP contribution in [0.3, 0.4) is 0 Å². The minimum atomic E-state index is -0.220. The molecule has 6 heteroatoms. The molecule has 0 saturated carbocycles. The second-order valence-corrected chi connectivity index (χ2v) is 5.84. The van der Waals surface area contributed by atoms with Crippen molar-refractivity contribution in [1.29, 1.82) is 0 Å². The van der Waals surface area contributed by atoms with Gasteiger partial charge in [-0.1, -0.05) is 17.7 Å². The van der Waals surface area contributed by atoms with Crippen LogP contribution >= 0.6 is 11.6 Å². The molecule has 0 bridgehead atoms. The van der Waals surface area contributed by atoms with E-state index in [1.54, 1.807) is 6.07 Å². The standard InChI is InChI=1S/C15H21ClN2O3/c1-10-3-4-12(5-14(10)16)17-15(20)7-18-6-13(8-19)21-9-11(18)2/h3-5,11,13,19H,6-9H2,1-2H3,(H,17,20). The Hall–Kier alpha value is -1.14. The van der Waals surface area contributed by atoms with E-state index in [2.05, 4.69) is 5.32 Å². The van der Waals surface area contributed by atoms with Crippen molar-refractivity contribution in [2.24, 2.45) is 0 Å². The van der Waals surface area contributed by atoms with Crippen molar-refractivity contribution >= 4 is 23.2 Å². The number of aliphatic hydroxyl groups excluding tert-OH is 1. The molecule has 1 aromatic rings. The molecular formula is C15H21ClN2O3. The van der Waals surface area contributed by atoms with Gasteiger partial charge < -0.3 is 15.2 Å². The van der Waals surface area contributed by atoms with Gasteiger partial charge in [-0.15, -0.1) is 0 Å². The number of halogens is 1. The number of aryl methyl sites for hydroxylation is 1. The molecule has 1 aliphatic heterocycles. The van der Waals surface area contributed by atoms with Crippen LogP contribution in [0.25, 0.3) is 0 Å². The van der Waals surface area contributed by atoms with Crippen LogP contribution in [-0.4, -0.2) is 54.4 Å². The van der Waals surface area contributed by atoms with Crippen molar-refractivity contribution < 1.29 is 14.6 Å². The largest absolute Gasteiger partial charge is 0.394 e. The zero-order valence-electron chi connectivity index (χ0n) is 12.3. The monoisotopic (exact) mass is 312 g/mol. The predicted molar refractivity (Wildman–Crippen MR) is 82.7 cm³/mol. The number of anilines is 1. The first kappa shape index (κ1) is 16.2. The average molecular weight is 313 g/mol. The number of carbonyl (C=O) groups excluding carboxylic acids is 1. The number of carbonyl (C=O) groups is 1. The van der Waals surface area contributed by atoms with Gasteiger partial charge >= 0.3 is 0 Å². The molecule has 21 heavy (non-hydrogen) atoms. The number of benzene rings is 1. The zero-order chi connectivity index (χ0) is 15.4. The number of morpholine rings is 1. The summed E-state index contributed by atoms with van der Waals surface area (Å²) in [6.45, 7) is 5.24. The minimum Gasteiger partial charge on any atom is -0.394 e. The third kappa shape index (κ3) is 4.41. The van der Waals surface area contributed by atoms with Crippen LogP contribution in [0.2, 0.25) is 5.02 Å². The molecule has 1 amide bonds. The third-order valence-corrected chi connectivity index (χ3v) is 4.05. The van der Waals surface area contributed by atoms with E-state index in [1.165, 1.54) is 0 Å². The first-order valence-electron chi connectivity index (χ1n) is 7.02. The van der Waals surface area contributed by atoms with Gasteiger partial charge in [-0.3, -0.25) is 9.69 Å². The van der Waals surface area contributed by atoms with E-state index in [0.29, 0.717) is 23.9 Å². The fourth-order valence-corrected chi connectivity index (χ4v) is 2.44. The number of hydrogen-bond acceptors (Lipinski definition) is 4. The van der Waals surface area contributed by atoms with Gasteiger partial charge in [0.1, 0.15) is 0 Å². The summed E-state index contributed by atoms with van der Waals surface area (Å²) in [7, 11) is 0. The predicted octanol–water partition coefficient (Wildman–Crippen LogP) is 1.67. The van der Waals surface area contributed by atoms with Crippen LogP contribution in [0.1, 0.15) is 12.5 Å². The number of nitrogens with zero attached hydrogens (tertiary/aromatic N) is 1. The molecule has 0 aliphatic carbocycles. The van der Waals surface area contributed by atoms with E-state index in [-0.39, 0.29) is 31.2 Å². The molecule has 5 nitrogen and oxygen atoms in total. The number of ether oxygens (including phenoxy) is 1. The summed E-state index contributed by atoms with van der Waals surface area (Å²) < 4.78 is 5.46. The van der Waals surface area contributed by atoms with Crippen LogP contribution in [-0.2, 0) is 9.53 Å². The highest BCUT2D eigenvalue weighted by atomic mass is 35.5. The summed E-state index contributed by atoms with van der Waals surface area (Å²) in [4.78, 5) is 14.1. The van der Waals surface area contributed by atoms with Gasteiger partial charge in [0.25, 0.3) is 0 Å². The Kier molecular flexibility index (Phi) is 5.58. The van der Waals surface area contributed by atoms with Crippen molar-refractivity contribution in [1.82, 2.24) is 4.90 Å². The molecule has 1 aliphatic rings. The lowest BCUT2D eigenvalue weighted by Crippen LogP contribution is -2.51. The van der Waals surface area contributed by atoms with E-state index in [4.69, 9.17) is 21.4 Å². The van der Waals surface area contributed by atoms with Crippen molar-refractivity contribution in [2.45, 2.75) is 26.0 Å². The van der Waals surface area contributed by atoms with Gasteiger partial charge in [0, 0.05) is 23.3 Å². The van der Waals surface area contributed by atoms with E-state index < -0.39 is 0 Å². The number of nitrogens with one attached hydrogen (secondary N) is 1. The lowest BCUT2D eigenvalue weighted by Gasteiger charge is -2.36. The normalized spacial score (nSPS) is 23.0. The average Bonchev–Trinajstić information content (AvgIpc) is 2.45. The Morgan fingerprint density at radius 2 is 2.33 bits per heavy atom. The Bertz CT molecular complexity index is 510. The molecule has 1 heterocycles. The van der Waals surface area contributed by atoms with Crippen molar-refractivity contribution in [3.8, 4) is 0 Å². The number of rotatable bonds is 4. The maximum Gasteiger partial charge on any atom is 0.238 e. The first-order valence-corrected chi connectivity index (χ1v) is 7.40. The number of hydrogen-bond donors (Lipinski definition) is 2. The second kappa shape index (κ2) is 7.22. The Morgan fingerprint density at radius 1 is 1.57 bits per heavy atom. The summed E-state index contributed by atoms with van der Waals surface area (Å²) in [5.74, 6) is -0.0969. The van der Waals surface area contributed by atoms with E-state index in [9.17, 15) is 4.79 Å². The van der Waals surface area contributed by atoms with E-state index >= 15 is 0 Å². The summed E-state index contributed by atoms with van der Waals surface area (Å²) in [6, 6.07) is 5.60. The maximum atomic E-state index is 12.1. The fourth-order valence-electron chi connectivity index (χ4n) is 2.26. The van der Waals surface area contributed by atoms with Crippen LogP contribution in [0.5, 0.6) is 0 Å². The van der Waals surface area contributed by atoms with E-state index in [1.807, 2.05) is 30.9 Å². The van der Waals surface area contributed by atoms with Crippen LogP contribution in [0.15, 0.2) is 18.2 Å². The fraction of sp³-hybridized carbons (Fsp3) is 0.533. The molecule has 1 aromatic carbocycles. The quantitative estimate of drug-likeness (QED) is 0.888. The summed E-state index contributed by atoms with van der Waals surface area (Å²) in [6.07, 6.45) is -0.220. The Morgan fingerprint density at radius 3 is 3.00 bits per heavy atom. The highest BCUT2D eigenvalue weighted by Crippen LogP contribution is 2.20. The van der Waals surface area contributed by atoms with Gasteiger partial charge in [-0.2, -0.15) is 0 Å². The molecule has 2 rings (SSSR count). The van der Waals surface area contributed by atoms with Crippen molar-refractivity contribution in [2.75, 3.05) is 31.6 Å². The lowest BCUT2D eigenvalue weighted by molar-refractivity contribution is -0.122. The smallest absolute Gasteiger partial charge is 0.238 e. The number of amides is 1. The zero-order valence-corrected chi connectivity index (χ0v) is 13.1. The Balaban J connectivity index is 1.92. The summed E-state index contributed by atoms with van der Waals surface area (Å²) >= 11 is 6.04. The van der Waals surface area contributed by atoms with Gasteiger partial charge in [-0.25, -0.2) is 0 Å². The molecule has 116 valence electrons. The highest BCUT2D eigenvalue weighted by molar-refractivity contribution is 6.31. The van der Waals surface area contributed by atoms with Gasteiger partial charge in [0.2, 0.25) is 5.91 Å². The Labute approximate surface area is 129 Å². The molecule has 2 atom stereocenters. The first-order chi connectivity index (χ1) is 9.99. The van der Waals surface area contributed by atoms with Crippen LogP contribution in [0.4, 0.5) is 5.69 Å². The summed E-state index contributed by atoms with van der Waals surface area (Å²) in [5.41, 5.74) is 1.66. The molecular weight excluding hydrogens is 292 g/mol. The topological polar surface area (TPSA) is 61.8 Å². The van der Waals surface area contributed by atoms with E-state index in [0.717, 1.165) is 5.56 Å². The minimum absolute atomic E-state index is 0.0294. The van der Waals surface area contributed by atoms with Gasteiger partial charge in [-0.05, 0) is 31.5 Å². The third-order valence-electron chi connectivity index (χ3n) is 3.64. The molecule has 2 unspecified atom stereocenters. The second-order valence-electron chi connectivity index (χ2n) is 5.43. The SMILES string of the molecule is Cc1ccc(NC(=O)CN2CC(CO)OCC2C)cc1Cl. The van der Waals surface area contributed by atoms with Crippen molar-refractivity contribution in [3.05, 3.63) is 28.8 Å². The molecule has 1 saturated heterocycles. The highest BCUT2D eigenvalue weighted by Gasteiger charge is 2.27. The number of aliphatic hydroxyl groups is 1. The molecule has 2 N–H and O–H groups in total. The van der Waals surface area contributed by atoms with Gasteiger partial charge in [0.15, 0.2) is 0 Å². The lowest BCUT2D eigenvalue weighted by atomic mass is 10.2. The molecule has 0 aromatic heterocycles. The van der Waals surface area contributed by atoms with Gasteiger partial charge in [0.05, 0.1) is 25.9 Å². The molecule has 1 fully saturated rings. The van der Waals surface area contributed by atoms with Crippen LogP contribution < -0.4 is 5.32 Å². The van der Waals surface area contributed by atoms with Crippen LogP contribution in [0, 0.1) is 6.92 Å². The maximum absolute atomic E-state index is 12.1. The van der Waals surface area contributed by atoms with Crippen molar-refractivity contribution in [3.63, 3.8) is 0 Å². The summed E-state index contributed by atoms with van der Waals surface area (Å²) in [5, 5.41) is 12.6. The molecule has 0 spiro atoms.